The number of allylic oxidation sites excluding steroid dienone is 15. The third kappa shape index (κ3) is 50.9. The minimum absolute atomic E-state index is 0.191. The Morgan fingerprint density at radius 3 is 1.16 bits per heavy atom. The van der Waals surface area contributed by atoms with Crippen molar-refractivity contribution < 1.29 is 39.8 Å². The van der Waals surface area contributed by atoms with Gasteiger partial charge in [0.25, 0.3) is 0 Å². The molecule has 1 aliphatic heterocycles. The number of amides is 1. The number of carbonyl (C=O) groups is 1. The number of unbranched alkanes of at least 4 members (excludes halogenated alkanes) is 36. The van der Waals surface area contributed by atoms with E-state index in [0.29, 0.717) is 6.42 Å². The summed E-state index contributed by atoms with van der Waals surface area (Å²) in [5.74, 6) is -0.191. The Kier molecular flexibility index (Phi) is 58.5. The summed E-state index contributed by atoms with van der Waals surface area (Å²) in [7, 11) is 0. The largest absolute Gasteiger partial charge is 0.394 e. The molecule has 9 heteroatoms. The summed E-state index contributed by atoms with van der Waals surface area (Å²) in [6.45, 7) is 3.67. The highest BCUT2D eigenvalue weighted by Crippen LogP contribution is 2.23. The number of carbonyl (C=O) groups excluding carboxylic acids is 1. The van der Waals surface area contributed by atoms with E-state index in [1.165, 1.54) is 212 Å². The van der Waals surface area contributed by atoms with Gasteiger partial charge in [-0.1, -0.05) is 310 Å². The molecule has 83 heavy (non-hydrogen) atoms. The predicted molar refractivity (Wildman–Crippen MR) is 355 cm³/mol. The maximum Gasteiger partial charge on any atom is 0.220 e. The molecule has 7 atom stereocenters. The molecule has 1 amide bonds. The number of hydrogen-bond acceptors (Lipinski definition) is 8. The zero-order chi connectivity index (χ0) is 60.0. The molecule has 0 aromatic rings. The third-order valence-corrected chi connectivity index (χ3v) is 16.1. The summed E-state index contributed by atoms with van der Waals surface area (Å²) in [6, 6.07) is -0.835. The fourth-order valence-corrected chi connectivity index (χ4v) is 10.7. The molecule has 0 aromatic carbocycles. The number of nitrogens with one attached hydrogen (secondary N) is 1. The summed E-state index contributed by atoms with van der Waals surface area (Å²) >= 11 is 0. The van der Waals surface area contributed by atoms with Crippen molar-refractivity contribution in [3.05, 3.63) is 97.2 Å². The fourth-order valence-electron chi connectivity index (χ4n) is 10.7. The minimum Gasteiger partial charge on any atom is -0.394 e. The van der Waals surface area contributed by atoms with Gasteiger partial charge in [-0.3, -0.25) is 4.79 Å². The molecule has 0 spiro atoms. The van der Waals surface area contributed by atoms with E-state index in [2.05, 4.69) is 104 Å². The molecule has 480 valence electrons. The smallest absolute Gasteiger partial charge is 0.220 e. The lowest BCUT2D eigenvalue weighted by atomic mass is 9.99. The van der Waals surface area contributed by atoms with Crippen LogP contribution in [0.15, 0.2) is 97.2 Å². The number of aliphatic hydroxyl groups is 5. The van der Waals surface area contributed by atoms with Gasteiger partial charge in [-0.05, 0) is 89.9 Å². The quantitative estimate of drug-likeness (QED) is 0.0261. The molecule has 0 bridgehead atoms. The molecule has 0 aromatic heterocycles. The highest BCUT2D eigenvalue weighted by molar-refractivity contribution is 5.76. The molecule has 7 unspecified atom stereocenters. The van der Waals surface area contributed by atoms with Crippen LogP contribution in [0.5, 0.6) is 0 Å². The monoisotopic (exact) mass is 1160 g/mol. The van der Waals surface area contributed by atoms with Crippen LogP contribution in [0.2, 0.25) is 0 Å². The van der Waals surface area contributed by atoms with E-state index in [1.807, 2.05) is 6.08 Å². The molecule has 0 radical (unpaired) electrons. The number of aliphatic hydroxyl groups excluding tert-OH is 5. The van der Waals surface area contributed by atoms with E-state index >= 15 is 0 Å². The number of hydrogen-bond donors (Lipinski definition) is 6. The van der Waals surface area contributed by atoms with E-state index in [-0.39, 0.29) is 12.5 Å². The highest BCUT2D eigenvalue weighted by atomic mass is 16.7. The van der Waals surface area contributed by atoms with Crippen LogP contribution in [0.25, 0.3) is 0 Å². The van der Waals surface area contributed by atoms with Crippen LogP contribution in [0.4, 0.5) is 0 Å². The minimum atomic E-state index is -1.58. The Bertz CT molecular complexity index is 1630. The first-order chi connectivity index (χ1) is 40.8. The Morgan fingerprint density at radius 1 is 0.422 bits per heavy atom. The van der Waals surface area contributed by atoms with Crippen LogP contribution in [-0.2, 0) is 14.3 Å². The molecule has 1 aliphatic rings. The fraction of sp³-hybridized carbons (Fsp3) is 0.770. The van der Waals surface area contributed by atoms with Crippen molar-refractivity contribution in [1.82, 2.24) is 5.32 Å². The van der Waals surface area contributed by atoms with Crippen LogP contribution in [0.3, 0.4) is 0 Å². The Labute approximate surface area is 511 Å². The molecule has 1 saturated heterocycles. The van der Waals surface area contributed by atoms with E-state index in [4.69, 9.17) is 9.47 Å². The van der Waals surface area contributed by atoms with Crippen molar-refractivity contribution in [2.75, 3.05) is 13.2 Å². The van der Waals surface area contributed by atoms with Gasteiger partial charge in [0.2, 0.25) is 5.91 Å². The zero-order valence-electron chi connectivity index (χ0n) is 53.7. The van der Waals surface area contributed by atoms with Crippen LogP contribution in [-0.4, -0.2) is 87.5 Å². The number of rotatable bonds is 60. The van der Waals surface area contributed by atoms with Gasteiger partial charge in [-0.2, -0.15) is 0 Å². The predicted octanol–water partition coefficient (Wildman–Crippen LogP) is 19.1. The molecule has 0 saturated carbocycles. The molecule has 9 nitrogen and oxygen atoms in total. The van der Waals surface area contributed by atoms with Gasteiger partial charge in [-0.15, -0.1) is 0 Å². The van der Waals surface area contributed by atoms with E-state index in [1.54, 1.807) is 6.08 Å². The van der Waals surface area contributed by atoms with E-state index in [9.17, 15) is 30.3 Å². The van der Waals surface area contributed by atoms with Gasteiger partial charge < -0.3 is 40.3 Å². The summed E-state index contributed by atoms with van der Waals surface area (Å²) < 4.78 is 11.3. The zero-order valence-corrected chi connectivity index (χ0v) is 53.7. The number of ether oxygens (including phenoxy) is 2. The SMILES string of the molecule is CC/C=C\C/C=C\C/C=C\C/C=C\C/C=C\CCCCCCCCCCCCCCCCCC(=O)NC(COC1OC(CO)C(O)C(O)C1O)C(O)/C=C/CC/C=C/CC/C=C/CCCCCCCCCCCCCCCCCCCCC. The average molecular weight is 1160 g/mol. The third-order valence-electron chi connectivity index (χ3n) is 16.1. The first-order valence-electron chi connectivity index (χ1n) is 35.0. The lowest BCUT2D eigenvalue weighted by molar-refractivity contribution is -0.302. The van der Waals surface area contributed by atoms with Gasteiger partial charge in [0.1, 0.15) is 24.4 Å². The second kappa shape index (κ2) is 62.2. The second-order valence-electron chi connectivity index (χ2n) is 23.9. The van der Waals surface area contributed by atoms with E-state index < -0.39 is 49.5 Å². The van der Waals surface area contributed by atoms with Gasteiger partial charge in [0.05, 0.1) is 25.4 Å². The molecule has 1 fully saturated rings. The Hall–Kier alpha value is -2.89. The van der Waals surface area contributed by atoms with Gasteiger partial charge in [0, 0.05) is 6.42 Å². The molecular formula is C74H131NO8. The summed E-state index contributed by atoms with van der Waals surface area (Å²) in [5.41, 5.74) is 0. The second-order valence-corrected chi connectivity index (χ2v) is 23.9. The standard InChI is InChI=1S/C74H131NO8/c1-3-5-7-9-11-13-15-17-19-21-23-25-27-29-31-33-34-36-38-40-42-44-46-48-50-52-54-56-58-60-62-64-70(78)75-67(66-82-74-73(81)72(80)71(79)69(65-76)83-74)68(77)63-61-59-57-55-53-51-49-47-45-43-41-39-37-35-32-30-28-26-24-22-20-18-16-14-12-10-8-6-4-2/h5,7,11,13,17,19,23,25,29,31,45,47,53,55,61,63,67-69,71-74,76-77,79-81H,3-4,6,8-10,12,14-16,18,20-22,24,26-28,30,32-44,46,48-52,54,56-60,62,64-66H2,1-2H3,(H,75,78)/b7-5-,13-11-,19-17-,25-23-,31-29-,47-45+,55-53+,63-61+. The van der Waals surface area contributed by atoms with Crippen LogP contribution < -0.4 is 5.32 Å². The van der Waals surface area contributed by atoms with Gasteiger partial charge in [-0.25, -0.2) is 0 Å². The topological polar surface area (TPSA) is 149 Å². The molecule has 1 heterocycles. The Balaban J connectivity index is 2.17. The van der Waals surface area contributed by atoms with Crippen molar-refractivity contribution in [2.24, 2.45) is 0 Å². The average Bonchev–Trinajstić information content (AvgIpc) is 3.61. The summed E-state index contributed by atoms with van der Waals surface area (Å²) in [4.78, 5) is 13.1. The maximum absolute atomic E-state index is 13.1. The van der Waals surface area contributed by atoms with Crippen molar-refractivity contribution in [3.63, 3.8) is 0 Å². The van der Waals surface area contributed by atoms with Crippen LogP contribution in [0.1, 0.15) is 309 Å². The highest BCUT2D eigenvalue weighted by Gasteiger charge is 2.44. The van der Waals surface area contributed by atoms with Gasteiger partial charge in [0.15, 0.2) is 6.29 Å². The lowest BCUT2D eigenvalue weighted by Crippen LogP contribution is -2.60. The first-order valence-corrected chi connectivity index (χ1v) is 35.0. The molecular weight excluding hydrogens is 1030 g/mol. The van der Waals surface area contributed by atoms with Crippen molar-refractivity contribution >= 4 is 5.91 Å². The lowest BCUT2D eigenvalue weighted by Gasteiger charge is -2.40. The van der Waals surface area contributed by atoms with Crippen LogP contribution in [0, 0.1) is 0 Å². The first kappa shape index (κ1) is 78.1. The normalized spacial score (nSPS) is 18.9. The molecule has 0 aliphatic carbocycles. The summed E-state index contributed by atoms with van der Waals surface area (Å²) in [6.07, 6.45) is 83.7. The molecule has 6 N–H and O–H groups in total. The van der Waals surface area contributed by atoms with Crippen LogP contribution >= 0.6 is 0 Å². The molecule has 1 rings (SSSR count). The van der Waals surface area contributed by atoms with Crippen molar-refractivity contribution in [2.45, 2.75) is 352 Å². The van der Waals surface area contributed by atoms with Gasteiger partial charge >= 0.3 is 0 Å². The van der Waals surface area contributed by atoms with E-state index in [0.717, 1.165) is 77.0 Å². The Morgan fingerprint density at radius 2 is 0.759 bits per heavy atom. The van der Waals surface area contributed by atoms with Crippen molar-refractivity contribution in [1.29, 1.82) is 0 Å². The van der Waals surface area contributed by atoms with Crippen molar-refractivity contribution in [3.8, 4) is 0 Å². The summed E-state index contributed by atoms with van der Waals surface area (Å²) in [5, 5.41) is 54.7. The maximum atomic E-state index is 13.1.